The van der Waals surface area contributed by atoms with Crippen LogP contribution >= 0.6 is 0 Å². The molecule has 0 fully saturated rings. The van der Waals surface area contributed by atoms with E-state index in [0.717, 1.165) is 5.75 Å². The van der Waals surface area contributed by atoms with Crippen LogP contribution in [0.15, 0.2) is 24.3 Å². The topological polar surface area (TPSA) is 66.0 Å². The van der Waals surface area contributed by atoms with Crippen LogP contribution in [-0.2, 0) is 13.5 Å². The summed E-state index contributed by atoms with van der Waals surface area (Å²) >= 11 is 0. The van der Waals surface area contributed by atoms with E-state index >= 15 is 0 Å². The summed E-state index contributed by atoms with van der Waals surface area (Å²) in [7, 11) is 1.77. The van der Waals surface area contributed by atoms with E-state index in [1.165, 1.54) is 5.56 Å². The third kappa shape index (κ3) is 2.96. The molecule has 0 saturated heterocycles. The molecule has 17 heavy (non-hydrogen) atoms. The summed E-state index contributed by atoms with van der Waals surface area (Å²) in [4.78, 5) is 4.11. The lowest BCUT2D eigenvalue weighted by Gasteiger charge is -2.04. The quantitative estimate of drug-likeness (QED) is 0.863. The lowest BCUT2D eigenvalue weighted by molar-refractivity contribution is 0.318. The molecule has 2 rings (SSSR count). The maximum Gasteiger partial charge on any atom is 0.218 e. The van der Waals surface area contributed by atoms with Crippen LogP contribution in [0.1, 0.15) is 11.4 Å². The molecule has 1 aromatic carbocycles. The third-order valence-corrected chi connectivity index (χ3v) is 2.46. The number of hydrogen-bond acceptors (Lipinski definition) is 4. The summed E-state index contributed by atoms with van der Waals surface area (Å²) in [6.45, 7) is 2.59. The maximum atomic E-state index is 5.59. The standard InChI is InChI=1S/C12H16N4O/c1-9-3-5-10(6-4-9)17-8-7-11-14-12(13)16(2)15-11/h3-6H,7-8H2,1-2H3,(H2,13,14,15). The Kier molecular flexibility index (Phi) is 3.27. The number of anilines is 1. The first-order valence-corrected chi connectivity index (χ1v) is 5.50. The van der Waals surface area contributed by atoms with Gasteiger partial charge in [0.2, 0.25) is 5.95 Å². The minimum absolute atomic E-state index is 0.426. The molecule has 0 amide bonds. The monoisotopic (exact) mass is 232 g/mol. The van der Waals surface area contributed by atoms with Gasteiger partial charge in [-0.25, -0.2) is 4.68 Å². The summed E-state index contributed by atoms with van der Waals surface area (Å²) in [5.41, 5.74) is 6.81. The zero-order chi connectivity index (χ0) is 12.3. The van der Waals surface area contributed by atoms with E-state index in [1.807, 2.05) is 31.2 Å². The molecule has 0 aliphatic carbocycles. The molecule has 90 valence electrons. The van der Waals surface area contributed by atoms with Gasteiger partial charge in [-0.15, -0.1) is 0 Å². The number of nitrogens with two attached hydrogens (primary N) is 1. The Labute approximate surface area is 100 Å². The van der Waals surface area contributed by atoms with Gasteiger partial charge in [0.25, 0.3) is 0 Å². The smallest absolute Gasteiger partial charge is 0.218 e. The summed E-state index contributed by atoms with van der Waals surface area (Å²) in [6.07, 6.45) is 0.652. The van der Waals surface area contributed by atoms with Crippen LogP contribution in [0, 0.1) is 6.92 Å². The van der Waals surface area contributed by atoms with Crippen LogP contribution in [0.5, 0.6) is 5.75 Å². The van der Waals surface area contributed by atoms with Crippen LogP contribution in [0.4, 0.5) is 5.95 Å². The van der Waals surface area contributed by atoms with Crippen molar-refractivity contribution in [3.05, 3.63) is 35.7 Å². The number of aromatic nitrogens is 3. The fourth-order valence-electron chi connectivity index (χ4n) is 1.45. The van der Waals surface area contributed by atoms with Crippen LogP contribution in [-0.4, -0.2) is 21.4 Å². The second-order valence-electron chi connectivity index (χ2n) is 3.92. The van der Waals surface area contributed by atoms with E-state index in [4.69, 9.17) is 10.5 Å². The lowest BCUT2D eigenvalue weighted by Crippen LogP contribution is -2.03. The van der Waals surface area contributed by atoms with Gasteiger partial charge in [-0.2, -0.15) is 10.1 Å². The number of rotatable bonds is 4. The first-order valence-electron chi connectivity index (χ1n) is 5.50. The number of nitrogen functional groups attached to an aromatic ring is 1. The lowest BCUT2D eigenvalue weighted by atomic mass is 10.2. The molecule has 2 aromatic rings. The average Bonchev–Trinajstić information content (AvgIpc) is 2.61. The summed E-state index contributed by atoms with van der Waals surface area (Å²) in [5, 5.41) is 4.16. The molecule has 0 radical (unpaired) electrons. The number of ether oxygens (including phenoxy) is 1. The Morgan fingerprint density at radius 2 is 2.00 bits per heavy atom. The molecular formula is C12H16N4O. The van der Waals surface area contributed by atoms with Crippen molar-refractivity contribution < 1.29 is 4.74 Å². The highest BCUT2D eigenvalue weighted by Gasteiger charge is 2.03. The third-order valence-electron chi connectivity index (χ3n) is 2.46. The molecule has 0 bridgehead atoms. The van der Waals surface area contributed by atoms with Gasteiger partial charge < -0.3 is 10.5 Å². The molecule has 0 atom stereocenters. The summed E-state index contributed by atoms with van der Waals surface area (Å²) in [5.74, 6) is 1.99. The molecule has 0 unspecified atom stereocenters. The van der Waals surface area contributed by atoms with Gasteiger partial charge in [-0.1, -0.05) is 17.7 Å². The van der Waals surface area contributed by atoms with Crippen LogP contribution in [0.25, 0.3) is 0 Å². The summed E-state index contributed by atoms with van der Waals surface area (Å²) in [6, 6.07) is 7.95. The molecule has 1 heterocycles. The molecular weight excluding hydrogens is 216 g/mol. The van der Waals surface area contributed by atoms with E-state index < -0.39 is 0 Å². The molecule has 0 spiro atoms. The number of nitrogens with zero attached hydrogens (tertiary/aromatic N) is 3. The fourth-order valence-corrected chi connectivity index (χ4v) is 1.45. The van der Waals surface area contributed by atoms with Gasteiger partial charge in [0.05, 0.1) is 6.61 Å². The zero-order valence-corrected chi connectivity index (χ0v) is 10.1. The Morgan fingerprint density at radius 1 is 1.29 bits per heavy atom. The molecule has 5 nitrogen and oxygen atoms in total. The summed E-state index contributed by atoms with van der Waals surface area (Å²) < 4.78 is 7.14. The van der Waals surface area contributed by atoms with Gasteiger partial charge in [0, 0.05) is 13.5 Å². The predicted molar refractivity (Wildman–Crippen MR) is 65.8 cm³/mol. The van der Waals surface area contributed by atoms with Crippen molar-refractivity contribution in [2.75, 3.05) is 12.3 Å². The van der Waals surface area contributed by atoms with Crippen molar-refractivity contribution in [1.82, 2.24) is 14.8 Å². The second kappa shape index (κ2) is 4.86. The van der Waals surface area contributed by atoms with E-state index in [9.17, 15) is 0 Å². The van der Waals surface area contributed by atoms with Crippen molar-refractivity contribution >= 4 is 5.95 Å². The van der Waals surface area contributed by atoms with Crippen molar-refractivity contribution in [3.63, 3.8) is 0 Å². The van der Waals surface area contributed by atoms with E-state index in [0.29, 0.717) is 24.8 Å². The van der Waals surface area contributed by atoms with Crippen molar-refractivity contribution in [1.29, 1.82) is 0 Å². The number of benzene rings is 1. The molecule has 2 N–H and O–H groups in total. The predicted octanol–water partition coefficient (Wildman–Crippen LogP) is 1.33. The fraction of sp³-hybridized carbons (Fsp3) is 0.333. The molecule has 5 heteroatoms. The second-order valence-corrected chi connectivity index (χ2v) is 3.92. The molecule has 0 saturated carbocycles. The van der Waals surface area contributed by atoms with E-state index in [2.05, 4.69) is 10.1 Å². The number of hydrogen-bond donors (Lipinski definition) is 1. The largest absolute Gasteiger partial charge is 0.493 e. The van der Waals surface area contributed by atoms with Gasteiger partial charge in [0.1, 0.15) is 5.75 Å². The minimum atomic E-state index is 0.426. The Hall–Kier alpha value is -2.04. The highest BCUT2D eigenvalue weighted by atomic mass is 16.5. The van der Waals surface area contributed by atoms with Crippen LogP contribution < -0.4 is 10.5 Å². The minimum Gasteiger partial charge on any atom is -0.493 e. The molecule has 0 aliphatic heterocycles. The average molecular weight is 232 g/mol. The first kappa shape index (κ1) is 11.4. The van der Waals surface area contributed by atoms with Gasteiger partial charge in [-0.3, -0.25) is 0 Å². The Morgan fingerprint density at radius 3 is 2.59 bits per heavy atom. The van der Waals surface area contributed by atoms with Crippen molar-refractivity contribution in [2.24, 2.45) is 7.05 Å². The normalized spacial score (nSPS) is 10.5. The van der Waals surface area contributed by atoms with Crippen LogP contribution in [0.3, 0.4) is 0 Å². The van der Waals surface area contributed by atoms with Crippen molar-refractivity contribution in [3.8, 4) is 5.75 Å². The Balaban J connectivity index is 1.85. The first-order chi connectivity index (χ1) is 8.15. The van der Waals surface area contributed by atoms with Gasteiger partial charge in [-0.05, 0) is 19.1 Å². The van der Waals surface area contributed by atoms with Gasteiger partial charge in [0.15, 0.2) is 5.82 Å². The SMILES string of the molecule is Cc1ccc(OCCc2nc(N)n(C)n2)cc1. The molecule has 1 aromatic heterocycles. The van der Waals surface area contributed by atoms with E-state index in [1.54, 1.807) is 11.7 Å². The zero-order valence-electron chi connectivity index (χ0n) is 10.1. The maximum absolute atomic E-state index is 5.59. The van der Waals surface area contributed by atoms with Gasteiger partial charge >= 0.3 is 0 Å². The Bertz CT molecular complexity index is 470. The number of aryl methyl sites for hydroxylation is 2. The van der Waals surface area contributed by atoms with E-state index in [-0.39, 0.29) is 0 Å². The highest BCUT2D eigenvalue weighted by molar-refractivity contribution is 5.26. The van der Waals surface area contributed by atoms with Crippen molar-refractivity contribution in [2.45, 2.75) is 13.3 Å². The molecule has 0 aliphatic rings. The van der Waals surface area contributed by atoms with Crippen LogP contribution in [0.2, 0.25) is 0 Å². The highest BCUT2D eigenvalue weighted by Crippen LogP contribution is 2.11.